The van der Waals surface area contributed by atoms with Crippen LogP contribution < -0.4 is 16.5 Å². The van der Waals surface area contributed by atoms with Gasteiger partial charge in [0.15, 0.2) is 5.69 Å². The minimum Gasteiger partial charge on any atom is -0.370 e. The fourth-order valence-corrected chi connectivity index (χ4v) is 2.30. The zero-order valence-electron chi connectivity index (χ0n) is 15.7. The number of amides is 4. The van der Waals surface area contributed by atoms with E-state index in [-0.39, 0.29) is 31.0 Å². The van der Waals surface area contributed by atoms with Gasteiger partial charge >= 0.3 is 0 Å². The summed E-state index contributed by atoms with van der Waals surface area (Å²) in [5, 5.41) is 6.61. The molecule has 10 nitrogen and oxygen atoms in total. The number of hydrogen-bond acceptors (Lipinski definition) is 6. The van der Waals surface area contributed by atoms with Gasteiger partial charge in [0.05, 0.1) is 6.54 Å². The van der Waals surface area contributed by atoms with E-state index in [0.29, 0.717) is 10.8 Å². The average Bonchev–Trinajstić information content (AvgIpc) is 3.03. The third-order valence-corrected chi connectivity index (χ3v) is 3.66. The number of nitrogens with zero attached hydrogens (tertiary/aromatic N) is 2. The van der Waals surface area contributed by atoms with Crippen molar-refractivity contribution in [3.8, 4) is 0 Å². The minimum absolute atomic E-state index is 0.00758. The molecule has 156 valence electrons. The Bertz CT molecular complexity index is 724. The molecule has 1 aromatic heterocycles. The maximum Gasteiger partial charge on any atom is 0.291 e. The molecule has 1 heterocycles. The number of primary amides is 1. The highest BCUT2D eigenvalue weighted by atomic mass is 35.5. The van der Waals surface area contributed by atoms with Crippen LogP contribution in [0.25, 0.3) is 0 Å². The summed E-state index contributed by atoms with van der Waals surface area (Å²) in [6.45, 7) is 4.86. The van der Waals surface area contributed by atoms with Crippen molar-refractivity contribution in [2.75, 3.05) is 6.54 Å². The molecule has 12 heteroatoms. The lowest BCUT2D eigenvalue weighted by Crippen LogP contribution is -2.56. The molecule has 0 aromatic carbocycles. The average molecular weight is 420 g/mol. The Morgan fingerprint density at radius 1 is 1.36 bits per heavy atom. The molecule has 4 amide bonds. The summed E-state index contributed by atoms with van der Waals surface area (Å²) < 4.78 is 18.0. The molecule has 0 radical (unpaired) electrons. The van der Waals surface area contributed by atoms with E-state index in [1.165, 1.54) is 6.07 Å². The Morgan fingerprint density at radius 2 is 2.00 bits per heavy atom. The first-order chi connectivity index (χ1) is 13.0. The van der Waals surface area contributed by atoms with Crippen molar-refractivity contribution in [2.45, 2.75) is 45.3 Å². The van der Waals surface area contributed by atoms with Gasteiger partial charge in [0.2, 0.25) is 5.91 Å². The van der Waals surface area contributed by atoms with Crippen molar-refractivity contribution in [3.05, 3.63) is 17.5 Å². The highest BCUT2D eigenvalue weighted by molar-refractivity contribution is 6.29. The molecule has 2 atom stereocenters. The SMILES string of the molecule is Cc1cc(C(=O)N[C@@H](CC(C)C)C(=O)NN(CCC(N)=O)C(=O)[C@@H](F)Cl)no1. The zero-order chi connectivity index (χ0) is 21.4. The van der Waals surface area contributed by atoms with E-state index < -0.39 is 35.3 Å². The van der Waals surface area contributed by atoms with E-state index in [1.807, 2.05) is 13.8 Å². The minimum atomic E-state index is -2.43. The van der Waals surface area contributed by atoms with E-state index in [2.05, 4.69) is 15.9 Å². The molecular weight excluding hydrogens is 397 g/mol. The number of nitrogens with one attached hydrogen (secondary N) is 2. The normalized spacial score (nSPS) is 12.9. The summed E-state index contributed by atoms with van der Waals surface area (Å²) in [7, 11) is 0. The largest absolute Gasteiger partial charge is 0.370 e. The van der Waals surface area contributed by atoms with Gasteiger partial charge in [-0.2, -0.15) is 0 Å². The predicted molar refractivity (Wildman–Crippen MR) is 96.4 cm³/mol. The number of nitrogens with two attached hydrogens (primary N) is 1. The predicted octanol–water partition coefficient (Wildman–Crippen LogP) is 0.397. The topological polar surface area (TPSA) is 148 Å². The van der Waals surface area contributed by atoms with Crippen LogP contribution in [0.15, 0.2) is 10.6 Å². The molecule has 0 saturated carbocycles. The molecular formula is C16H23ClFN5O5. The summed E-state index contributed by atoms with van der Waals surface area (Å²) >= 11 is 5.14. The van der Waals surface area contributed by atoms with Crippen LogP contribution in [-0.2, 0) is 14.4 Å². The van der Waals surface area contributed by atoms with Crippen LogP contribution in [0.1, 0.15) is 42.9 Å². The summed E-state index contributed by atoms with van der Waals surface area (Å²) in [6.07, 6.45) is -0.110. The van der Waals surface area contributed by atoms with Crippen LogP contribution in [0, 0.1) is 12.8 Å². The third kappa shape index (κ3) is 7.51. The molecule has 4 N–H and O–H groups in total. The van der Waals surface area contributed by atoms with Crippen molar-refractivity contribution >= 4 is 35.2 Å². The molecule has 0 fully saturated rings. The summed E-state index contributed by atoms with van der Waals surface area (Å²) in [5.41, 5.74) is 4.74. The molecule has 1 rings (SSSR count). The Kier molecular flexibility index (Phi) is 8.83. The Labute approximate surface area is 165 Å². The smallest absolute Gasteiger partial charge is 0.291 e. The van der Waals surface area contributed by atoms with Gasteiger partial charge in [0.1, 0.15) is 11.8 Å². The van der Waals surface area contributed by atoms with Crippen LogP contribution >= 0.6 is 11.6 Å². The first-order valence-electron chi connectivity index (χ1n) is 8.43. The van der Waals surface area contributed by atoms with Gasteiger partial charge in [-0.1, -0.05) is 30.6 Å². The monoisotopic (exact) mass is 419 g/mol. The van der Waals surface area contributed by atoms with Gasteiger partial charge in [0, 0.05) is 12.5 Å². The summed E-state index contributed by atoms with van der Waals surface area (Å²) in [5.74, 6) is -3.07. The fourth-order valence-electron chi connectivity index (χ4n) is 2.18. The maximum atomic E-state index is 13.2. The van der Waals surface area contributed by atoms with Crippen LogP contribution in [0.2, 0.25) is 0 Å². The lowest BCUT2D eigenvalue weighted by atomic mass is 10.0. The number of hydrogen-bond donors (Lipinski definition) is 3. The van der Waals surface area contributed by atoms with Crippen molar-refractivity contribution in [2.24, 2.45) is 11.7 Å². The molecule has 0 unspecified atom stereocenters. The third-order valence-electron chi connectivity index (χ3n) is 3.47. The number of carbonyl (C=O) groups is 4. The van der Waals surface area contributed by atoms with Gasteiger partial charge in [-0.3, -0.25) is 24.6 Å². The second-order valence-corrected chi connectivity index (χ2v) is 6.84. The zero-order valence-corrected chi connectivity index (χ0v) is 16.5. The Balaban J connectivity index is 2.91. The van der Waals surface area contributed by atoms with Crippen LogP contribution in [0.4, 0.5) is 4.39 Å². The van der Waals surface area contributed by atoms with E-state index in [0.717, 1.165) is 0 Å². The van der Waals surface area contributed by atoms with Gasteiger partial charge < -0.3 is 15.6 Å². The number of aryl methyl sites for hydroxylation is 1. The van der Waals surface area contributed by atoms with Crippen LogP contribution in [0.5, 0.6) is 0 Å². The lowest BCUT2D eigenvalue weighted by Gasteiger charge is -2.26. The molecule has 0 aliphatic rings. The molecule has 0 spiro atoms. The molecule has 0 saturated heterocycles. The van der Waals surface area contributed by atoms with E-state index >= 15 is 0 Å². The number of hydrazine groups is 1. The quantitative estimate of drug-likeness (QED) is 0.389. The lowest BCUT2D eigenvalue weighted by molar-refractivity contribution is -0.144. The fraction of sp³-hybridized carbons (Fsp3) is 0.562. The van der Waals surface area contributed by atoms with Crippen LogP contribution in [-0.4, -0.2) is 52.0 Å². The maximum absolute atomic E-state index is 13.2. The van der Waals surface area contributed by atoms with E-state index in [9.17, 15) is 23.6 Å². The summed E-state index contributed by atoms with van der Waals surface area (Å²) in [4.78, 5) is 47.6. The molecule has 28 heavy (non-hydrogen) atoms. The van der Waals surface area contributed by atoms with Crippen molar-refractivity contribution in [3.63, 3.8) is 0 Å². The molecule has 0 aliphatic heterocycles. The molecule has 0 aliphatic carbocycles. The Hall–Kier alpha value is -2.69. The number of halogens is 2. The van der Waals surface area contributed by atoms with E-state index in [1.54, 1.807) is 6.92 Å². The molecule has 1 aromatic rings. The number of aromatic nitrogens is 1. The summed E-state index contributed by atoms with van der Waals surface area (Å²) in [6, 6.07) is 0.325. The van der Waals surface area contributed by atoms with Crippen molar-refractivity contribution < 1.29 is 28.1 Å². The first-order valence-corrected chi connectivity index (χ1v) is 8.87. The first kappa shape index (κ1) is 23.3. The number of carbonyl (C=O) groups excluding carboxylic acids is 4. The van der Waals surface area contributed by atoms with Crippen molar-refractivity contribution in [1.29, 1.82) is 0 Å². The van der Waals surface area contributed by atoms with Crippen molar-refractivity contribution in [1.82, 2.24) is 20.9 Å². The van der Waals surface area contributed by atoms with Gasteiger partial charge in [-0.05, 0) is 19.3 Å². The van der Waals surface area contributed by atoms with Gasteiger partial charge in [-0.25, -0.2) is 9.40 Å². The standard InChI is InChI=1S/C16H23ClFN5O5/c1-8(2)6-10(20-14(25)11-7-9(3)28-22-11)15(26)21-23(5-4-12(19)24)16(27)13(17)18/h7-8,10,13H,4-6H2,1-3H3,(H2,19,24)(H,20,25)(H,21,26)/t10-,13+/m0/s1. The highest BCUT2D eigenvalue weighted by Gasteiger charge is 2.29. The number of rotatable bonds is 9. The number of alkyl halides is 2. The van der Waals surface area contributed by atoms with E-state index in [4.69, 9.17) is 21.9 Å². The van der Waals surface area contributed by atoms with Gasteiger partial charge in [-0.15, -0.1) is 0 Å². The molecule has 0 bridgehead atoms. The second kappa shape index (κ2) is 10.6. The van der Waals surface area contributed by atoms with Crippen LogP contribution in [0.3, 0.4) is 0 Å². The highest BCUT2D eigenvalue weighted by Crippen LogP contribution is 2.09. The second-order valence-electron chi connectivity index (χ2n) is 6.46. The van der Waals surface area contributed by atoms with Gasteiger partial charge in [0.25, 0.3) is 23.4 Å². The Morgan fingerprint density at radius 3 is 2.46 bits per heavy atom.